The lowest BCUT2D eigenvalue weighted by atomic mass is 10.1. The predicted molar refractivity (Wildman–Crippen MR) is 223 cm³/mol. The van der Waals surface area contributed by atoms with Crippen molar-refractivity contribution in [3.63, 3.8) is 0 Å². The van der Waals surface area contributed by atoms with Crippen LogP contribution in [-0.2, 0) is 24.1 Å². The molecule has 2 N–H and O–H groups in total. The van der Waals surface area contributed by atoms with Gasteiger partial charge in [-0.1, -0.05) is 154 Å². The number of rotatable bonds is 41. The van der Waals surface area contributed by atoms with Crippen LogP contribution in [0.5, 0.6) is 0 Å². The van der Waals surface area contributed by atoms with Crippen LogP contribution >= 0.6 is 0 Å². The van der Waals surface area contributed by atoms with E-state index in [0.717, 1.165) is 59.5 Å². The number of aliphatic hydroxyl groups is 1. The minimum atomic E-state index is -4.16. The summed E-state index contributed by atoms with van der Waals surface area (Å²) in [6.07, 6.45) is 47.1. The molecule has 0 aliphatic rings. The predicted octanol–water partition coefficient (Wildman–Crippen LogP) is 11.8. The van der Waals surface area contributed by atoms with E-state index in [9.17, 15) is 13.5 Å². The fraction of sp³-hybridized carbons (Fsp3) is 0.907. The van der Waals surface area contributed by atoms with Crippen molar-refractivity contribution in [3.8, 4) is 0 Å². The first-order chi connectivity index (χ1) is 25.4. The van der Waals surface area contributed by atoms with E-state index in [1.807, 2.05) is 0 Å². The molecule has 9 heteroatoms. The minimum absolute atomic E-state index is 0.198. The molecule has 0 rings (SSSR count). The molecule has 0 heterocycles. The summed E-state index contributed by atoms with van der Waals surface area (Å²) in [7, 11) is -3.29. The van der Waals surface area contributed by atoms with Crippen molar-refractivity contribution in [2.24, 2.45) is 0 Å². The molecule has 0 bridgehead atoms. The summed E-state index contributed by atoms with van der Waals surface area (Å²) in [5, 5.41) is 9.42. The Morgan fingerprint density at radius 2 is 0.750 bits per heavy atom. The third kappa shape index (κ3) is 51.3. The van der Waals surface area contributed by atoms with Gasteiger partial charge in [0.05, 0.1) is 26.9 Å². The van der Waals surface area contributed by atoms with Crippen LogP contribution in [0.15, 0.2) is 24.3 Å². The third-order valence-corrected chi connectivity index (χ3v) is 9.75. The van der Waals surface area contributed by atoms with Gasteiger partial charge in [0.2, 0.25) is 0 Å². The summed E-state index contributed by atoms with van der Waals surface area (Å²) < 4.78 is 41.5. The number of nitrogens with zero attached hydrogens (tertiary/aromatic N) is 1. The highest BCUT2D eigenvalue weighted by atomic mass is 32.3. The summed E-state index contributed by atoms with van der Waals surface area (Å²) >= 11 is 0. The molecule has 52 heavy (non-hydrogen) atoms. The van der Waals surface area contributed by atoms with Crippen molar-refractivity contribution in [2.75, 3.05) is 59.8 Å². The van der Waals surface area contributed by atoms with Crippen LogP contribution in [0.4, 0.5) is 0 Å². The van der Waals surface area contributed by atoms with Crippen molar-refractivity contribution in [1.29, 1.82) is 0 Å². The van der Waals surface area contributed by atoms with Crippen LogP contribution in [0.25, 0.3) is 0 Å². The fourth-order valence-electron chi connectivity index (χ4n) is 5.97. The molecule has 0 aliphatic heterocycles. The monoisotopic (exact) mass is 762 g/mol. The third-order valence-electron chi connectivity index (χ3n) is 9.33. The van der Waals surface area contributed by atoms with Crippen LogP contribution in [0, 0.1) is 0 Å². The first-order valence-electron chi connectivity index (χ1n) is 21.7. The standard InChI is InChI=1S/C42H83NO3.CH4O4S/c1-3-5-7-9-11-13-15-17-19-21-23-25-27-29-31-33-39-45-41-36-43(35-38-44)37-42-46-40-34-32-30-28-26-24-22-20-18-16-14-12-10-8-6-4-2;1-5-6(2,3)4/h17-20,44H,3-16,21-42H2,1-2H3;1H3,(H,2,3,4). The average Bonchev–Trinajstić information content (AvgIpc) is 3.13. The molecule has 0 aromatic heterocycles. The Morgan fingerprint density at radius 1 is 0.462 bits per heavy atom. The zero-order chi connectivity index (χ0) is 38.5. The number of hydrogen-bond acceptors (Lipinski definition) is 7. The Balaban J connectivity index is 0. The maximum Gasteiger partial charge on any atom is 0.397 e. The molecule has 0 amide bonds. The average molecular weight is 762 g/mol. The van der Waals surface area contributed by atoms with E-state index < -0.39 is 10.4 Å². The minimum Gasteiger partial charge on any atom is -0.395 e. The first kappa shape index (κ1) is 53.3. The lowest BCUT2D eigenvalue weighted by Gasteiger charge is -2.21. The van der Waals surface area contributed by atoms with Crippen LogP contribution in [0.3, 0.4) is 0 Å². The van der Waals surface area contributed by atoms with E-state index in [1.54, 1.807) is 0 Å². The van der Waals surface area contributed by atoms with E-state index >= 15 is 0 Å². The lowest BCUT2D eigenvalue weighted by molar-refractivity contribution is 0.0649. The Hall–Kier alpha value is -0.810. The van der Waals surface area contributed by atoms with Crippen molar-refractivity contribution < 1.29 is 31.7 Å². The van der Waals surface area contributed by atoms with Gasteiger partial charge in [-0.15, -0.1) is 0 Å². The summed E-state index contributed by atoms with van der Waals surface area (Å²) in [6.45, 7) is 10.5. The zero-order valence-electron chi connectivity index (χ0n) is 34.6. The molecule has 8 nitrogen and oxygen atoms in total. The SMILES string of the molecule is CCCCCCCCC=CCCCCCCCCOCCN(CCO)CCOCCCCCCCCC=CCCCCCCCC.COS(=O)(=O)O. The maximum atomic E-state index is 9.42. The molecule has 0 aromatic rings. The van der Waals surface area contributed by atoms with E-state index in [0.29, 0.717) is 6.54 Å². The van der Waals surface area contributed by atoms with Crippen molar-refractivity contribution in [1.82, 2.24) is 4.90 Å². The van der Waals surface area contributed by atoms with Gasteiger partial charge in [0.1, 0.15) is 0 Å². The van der Waals surface area contributed by atoms with E-state index in [2.05, 4.69) is 47.2 Å². The summed E-state index contributed by atoms with van der Waals surface area (Å²) in [4.78, 5) is 2.27. The smallest absolute Gasteiger partial charge is 0.395 e. The molecule has 0 fully saturated rings. The van der Waals surface area contributed by atoms with Gasteiger partial charge in [-0.25, -0.2) is 0 Å². The van der Waals surface area contributed by atoms with Crippen molar-refractivity contribution in [3.05, 3.63) is 24.3 Å². The van der Waals surface area contributed by atoms with Gasteiger partial charge in [-0.3, -0.25) is 13.6 Å². The molecule has 0 unspecified atom stereocenters. The second-order valence-electron chi connectivity index (χ2n) is 14.3. The quantitative estimate of drug-likeness (QED) is 0.0360. The topological polar surface area (TPSA) is 106 Å². The number of unbranched alkanes of at least 4 members (excludes halogenated alkanes) is 24. The van der Waals surface area contributed by atoms with E-state index in [1.165, 1.54) is 167 Å². The fourth-order valence-corrected chi connectivity index (χ4v) is 5.97. The largest absolute Gasteiger partial charge is 0.397 e. The number of hydrogen-bond donors (Lipinski definition) is 2. The van der Waals surface area contributed by atoms with Crippen molar-refractivity contribution in [2.45, 2.75) is 194 Å². The Bertz CT molecular complexity index is 774. The molecule has 312 valence electrons. The van der Waals surface area contributed by atoms with Gasteiger partial charge >= 0.3 is 10.4 Å². The van der Waals surface area contributed by atoms with Crippen molar-refractivity contribution >= 4 is 10.4 Å². The first-order valence-corrected chi connectivity index (χ1v) is 23.1. The van der Waals surface area contributed by atoms with Gasteiger partial charge in [0, 0.05) is 32.8 Å². The van der Waals surface area contributed by atoms with Crippen LogP contribution in [0.1, 0.15) is 194 Å². The molecular weight excluding hydrogens is 675 g/mol. The van der Waals surface area contributed by atoms with Gasteiger partial charge in [0.25, 0.3) is 0 Å². The molecule has 0 atom stereocenters. The summed E-state index contributed by atoms with van der Waals surface area (Å²) in [5.74, 6) is 0. The van der Waals surface area contributed by atoms with E-state index in [4.69, 9.17) is 14.0 Å². The van der Waals surface area contributed by atoms with Crippen LogP contribution in [-0.4, -0.2) is 82.8 Å². The highest BCUT2D eigenvalue weighted by molar-refractivity contribution is 7.80. The maximum absolute atomic E-state index is 9.42. The molecule has 0 spiro atoms. The highest BCUT2D eigenvalue weighted by Gasteiger charge is 2.04. The second kappa shape index (κ2) is 46.3. The normalized spacial score (nSPS) is 12.0. The lowest BCUT2D eigenvalue weighted by Crippen LogP contribution is -2.33. The number of aliphatic hydroxyl groups excluding tert-OH is 1. The summed E-state index contributed by atoms with van der Waals surface area (Å²) in [6, 6.07) is 0. The van der Waals surface area contributed by atoms with Gasteiger partial charge in [-0.05, 0) is 64.2 Å². The van der Waals surface area contributed by atoms with Gasteiger partial charge in [-0.2, -0.15) is 8.42 Å². The number of allylic oxidation sites excluding steroid dienone is 4. The molecule has 0 saturated heterocycles. The molecule has 0 aromatic carbocycles. The van der Waals surface area contributed by atoms with E-state index in [-0.39, 0.29) is 6.61 Å². The highest BCUT2D eigenvalue weighted by Crippen LogP contribution is 2.12. The van der Waals surface area contributed by atoms with Gasteiger partial charge < -0.3 is 14.6 Å². The number of ether oxygens (including phenoxy) is 2. The van der Waals surface area contributed by atoms with Gasteiger partial charge in [0.15, 0.2) is 0 Å². The van der Waals surface area contributed by atoms with Crippen LogP contribution < -0.4 is 0 Å². The Morgan fingerprint density at radius 3 is 1.04 bits per heavy atom. The molecular formula is C43H87NO7S. The molecule has 0 saturated carbocycles. The molecule has 0 radical (unpaired) electrons. The zero-order valence-corrected chi connectivity index (χ0v) is 35.4. The Kier molecular flexibility index (Phi) is 47.5. The second-order valence-corrected chi connectivity index (χ2v) is 15.4. The summed E-state index contributed by atoms with van der Waals surface area (Å²) in [5.41, 5.74) is 0. The Labute approximate surface area is 323 Å². The molecule has 0 aliphatic carbocycles. The van der Waals surface area contributed by atoms with Crippen LogP contribution in [0.2, 0.25) is 0 Å².